The number of nitrogen functional groups attached to an aromatic ring is 1. The van der Waals surface area contributed by atoms with Crippen molar-refractivity contribution >= 4 is 29.1 Å². The van der Waals surface area contributed by atoms with Crippen LogP contribution in [-0.2, 0) is 0 Å². The molecule has 0 fully saturated rings. The van der Waals surface area contributed by atoms with E-state index in [-0.39, 0.29) is 18.2 Å². The Morgan fingerprint density at radius 3 is 2.92 bits per heavy atom. The SMILES string of the molecule is Cc1c(N)cc(F)c2nc[nH]c12.Cl. The fourth-order valence-corrected chi connectivity index (χ4v) is 1.22. The van der Waals surface area contributed by atoms with Crippen molar-refractivity contribution in [2.24, 2.45) is 0 Å². The topological polar surface area (TPSA) is 54.7 Å². The van der Waals surface area contributed by atoms with Crippen LogP contribution in [0.4, 0.5) is 10.1 Å². The summed E-state index contributed by atoms with van der Waals surface area (Å²) in [6, 6.07) is 1.29. The first-order valence-electron chi connectivity index (χ1n) is 3.58. The molecule has 1 aromatic heterocycles. The fraction of sp³-hybridized carbons (Fsp3) is 0.125. The van der Waals surface area contributed by atoms with E-state index in [4.69, 9.17) is 5.73 Å². The summed E-state index contributed by atoms with van der Waals surface area (Å²) in [5.41, 5.74) is 7.87. The number of imidazole rings is 1. The van der Waals surface area contributed by atoms with Crippen LogP contribution in [0.3, 0.4) is 0 Å². The summed E-state index contributed by atoms with van der Waals surface area (Å²) in [6.45, 7) is 1.83. The van der Waals surface area contributed by atoms with Crippen LogP contribution in [0.2, 0.25) is 0 Å². The molecule has 0 saturated carbocycles. The molecule has 3 N–H and O–H groups in total. The van der Waals surface area contributed by atoms with E-state index in [1.54, 1.807) is 0 Å². The van der Waals surface area contributed by atoms with Crippen molar-refractivity contribution < 1.29 is 4.39 Å². The Hall–Kier alpha value is -1.29. The monoisotopic (exact) mass is 201 g/mol. The molecule has 0 atom stereocenters. The van der Waals surface area contributed by atoms with E-state index >= 15 is 0 Å². The number of fused-ring (bicyclic) bond motifs is 1. The largest absolute Gasteiger partial charge is 0.398 e. The predicted molar refractivity (Wildman–Crippen MR) is 52.4 cm³/mol. The van der Waals surface area contributed by atoms with Gasteiger partial charge in [-0.25, -0.2) is 9.37 Å². The summed E-state index contributed by atoms with van der Waals surface area (Å²) in [7, 11) is 0. The Balaban J connectivity index is 0.000000845. The molecule has 1 heterocycles. The molecule has 3 nitrogen and oxygen atoms in total. The minimum atomic E-state index is -0.380. The molecule has 0 saturated heterocycles. The van der Waals surface area contributed by atoms with Crippen molar-refractivity contribution in [3.8, 4) is 0 Å². The van der Waals surface area contributed by atoms with E-state index in [9.17, 15) is 4.39 Å². The highest BCUT2D eigenvalue weighted by molar-refractivity contribution is 5.85. The molecule has 0 amide bonds. The van der Waals surface area contributed by atoms with E-state index in [1.807, 2.05) is 6.92 Å². The smallest absolute Gasteiger partial charge is 0.153 e. The maximum absolute atomic E-state index is 13.1. The summed E-state index contributed by atoms with van der Waals surface area (Å²) >= 11 is 0. The molecule has 70 valence electrons. The van der Waals surface area contributed by atoms with Crippen LogP contribution in [0.25, 0.3) is 11.0 Å². The molecule has 2 aromatic rings. The van der Waals surface area contributed by atoms with Gasteiger partial charge in [-0.1, -0.05) is 0 Å². The summed E-state index contributed by atoms with van der Waals surface area (Å²) in [4.78, 5) is 6.67. The molecule has 0 spiro atoms. The number of hydrogen-bond donors (Lipinski definition) is 2. The Bertz CT molecular complexity index is 438. The van der Waals surface area contributed by atoms with Gasteiger partial charge in [0.1, 0.15) is 5.52 Å². The summed E-state index contributed by atoms with van der Waals surface area (Å²) in [5, 5.41) is 0. The standard InChI is InChI=1S/C8H8FN3.ClH/c1-4-6(10)2-5(9)8-7(4)11-3-12-8;/h2-3H,10H2,1H3,(H,11,12);1H. The summed E-state index contributed by atoms with van der Waals surface area (Å²) in [6.07, 6.45) is 1.46. The van der Waals surface area contributed by atoms with Crippen molar-refractivity contribution in [2.75, 3.05) is 5.73 Å². The average molecular weight is 202 g/mol. The molecule has 5 heteroatoms. The van der Waals surface area contributed by atoms with Crippen molar-refractivity contribution in [1.82, 2.24) is 9.97 Å². The van der Waals surface area contributed by atoms with Crippen LogP contribution in [0.1, 0.15) is 5.56 Å². The van der Waals surface area contributed by atoms with Crippen molar-refractivity contribution in [2.45, 2.75) is 6.92 Å². The van der Waals surface area contributed by atoms with Gasteiger partial charge in [0.05, 0.1) is 11.8 Å². The Labute approximate surface area is 80.6 Å². The third kappa shape index (κ3) is 1.33. The van der Waals surface area contributed by atoms with Crippen molar-refractivity contribution in [3.05, 3.63) is 23.8 Å². The van der Waals surface area contributed by atoms with Gasteiger partial charge in [-0.05, 0) is 18.6 Å². The zero-order chi connectivity index (χ0) is 8.72. The zero-order valence-corrected chi connectivity index (χ0v) is 7.78. The van der Waals surface area contributed by atoms with Crippen LogP contribution in [-0.4, -0.2) is 9.97 Å². The second-order valence-corrected chi connectivity index (χ2v) is 2.70. The van der Waals surface area contributed by atoms with Crippen molar-refractivity contribution in [3.63, 3.8) is 0 Å². The van der Waals surface area contributed by atoms with E-state index in [0.29, 0.717) is 16.7 Å². The number of H-pyrrole nitrogens is 1. The molecule has 0 aliphatic rings. The van der Waals surface area contributed by atoms with E-state index < -0.39 is 0 Å². The predicted octanol–water partition coefficient (Wildman–Crippen LogP) is 2.01. The van der Waals surface area contributed by atoms with Gasteiger partial charge in [0, 0.05) is 5.69 Å². The number of benzene rings is 1. The third-order valence-corrected chi connectivity index (χ3v) is 1.96. The minimum Gasteiger partial charge on any atom is -0.398 e. The normalized spacial score (nSPS) is 10.0. The highest BCUT2D eigenvalue weighted by Crippen LogP contribution is 2.22. The number of aryl methyl sites for hydroxylation is 1. The summed E-state index contributed by atoms with van der Waals surface area (Å²) < 4.78 is 13.1. The number of aromatic amines is 1. The van der Waals surface area contributed by atoms with Gasteiger partial charge in [0.2, 0.25) is 0 Å². The molecule has 0 bridgehead atoms. The Kier molecular flexibility index (Phi) is 2.43. The lowest BCUT2D eigenvalue weighted by Gasteiger charge is -2.00. The minimum absolute atomic E-state index is 0. The lowest BCUT2D eigenvalue weighted by Crippen LogP contribution is -1.92. The maximum Gasteiger partial charge on any atom is 0.153 e. The Morgan fingerprint density at radius 1 is 1.54 bits per heavy atom. The lowest BCUT2D eigenvalue weighted by molar-refractivity contribution is 0.637. The molecule has 13 heavy (non-hydrogen) atoms. The van der Waals surface area contributed by atoms with Crippen molar-refractivity contribution in [1.29, 1.82) is 0 Å². The second-order valence-electron chi connectivity index (χ2n) is 2.70. The first-order valence-corrected chi connectivity index (χ1v) is 3.58. The van der Waals surface area contributed by atoms with E-state index in [2.05, 4.69) is 9.97 Å². The molecule has 0 radical (unpaired) electrons. The number of aromatic nitrogens is 2. The van der Waals surface area contributed by atoms with Gasteiger partial charge >= 0.3 is 0 Å². The first-order chi connectivity index (χ1) is 5.70. The fourth-order valence-electron chi connectivity index (χ4n) is 1.22. The van der Waals surface area contributed by atoms with Gasteiger partial charge in [0.25, 0.3) is 0 Å². The highest BCUT2D eigenvalue weighted by atomic mass is 35.5. The number of nitrogens with two attached hydrogens (primary N) is 1. The molecule has 0 aliphatic carbocycles. The molecular formula is C8H9ClFN3. The van der Waals surface area contributed by atoms with Crippen LogP contribution in [0.15, 0.2) is 12.4 Å². The van der Waals surface area contributed by atoms with Gasteiger partial charge in [-0.2, -0.15) is 0 Å². The van der Waals surface area contributed by atoms with Crippen LogP contribution in [0.5, 0.6) is 0 Å². The molecular weight excluding hydrogens is 193 g/mol. The number of nitrogens with one attached hydrogen (secondary N) is 1. The molecule has 2 rings (SSSR count). The summed E-state index contributed by atoms with van der Waals surface area (Å²) in [5.74, 6) is -0.380. The lowest BCUT2D eigenvalue weighted by atomic mass is 10.1. The highest BCUT2D eigenvalue weighted by Gasteiger charge is 2.08. The number of rotatable bonds is 0. The number of nitrogens with zero attached hydrogens (tertiary/aromatic N) is 1. The van der Waals surface area contributed by atoms with Gasteiger partial charge in [-0.15, -0.1) is 12.4 Å². The maximum atomic E-state index is 13.1. The average Bonchev–Trinajstić information content (AvgIpc) is 2.48. The third-order valence-electron chi connectivity index (χ3n) is 1.96. The first kappa shape index (κ1) is 9.80. The van der Waals surface area contributed by atoms with Crippen LogP contribution >= 0.6 is 12.4 Å². The second kappa shape index (κ2) is 3.22. The molecule has 0 aliphatic heterocycles. The quantitative estimate of drug-likeness (QED) is 0.641. The molecule has 1 aromatic carbocycles. The zero-order valence-electron chi connectivity index (χ0n) is 6.97. The van der Waals surface area contributed by atoms with E-state index in [1.165, 1.54) is 12.4 Å². The van der Waals surface area contributed by atoms with E-state index in [0.717, 1.165) is 5.56 Å². The Morgan fingerprint density at radius 2 is 2.23 bits per heavy atom. The number of halogens is 2. The van der Waals surface area contributed by atoms with Crippen LogP contribution in [0, 0.1) is 12.7 Å². The number of anilines is 1. The van der Waals surface area contributed by atoms with Crippen LogP contribution < -0.4 is 5.73 Å². The van der Waals surface area contributed by atoms with Gasteiger partial charge in [0.15, 0.2) is 5.82 Å². The van der Waals surface area contributed by atoms with Gasteiger partial charge < -0.3 is 10.7 Å². The van der Waals surface area contributed by atoms with Gasteiger partial charge in [-0.3, -0.25) is 0 Å². The molecule has 0 unspecified atom stereocenters. The number of hydrogen-bond acceptors (Lipinski definition) is 2.